The van der Waals surface area contributed by atoms with E-state index in [2.05, 4.69) is 0 Å². The Morgan fingerprint density at radius 2 is 2.13 bits per heavy atom. The Hall–Kier alpha value is -1.12. The molecule has 2 atom stereocenters. The summed E-state index contributed by atoms with van der Waals surface area (Å²) in [4.78, 5) is 23.0. The molecule has 0 spiro atoms. The third-order valence-electron chi connectivity index (χ3n) is 3.06. The first-order valence-corrected chi connectivity index (χ1v) is 5.26. The van der Waals surface area contributed by atoms with Crippen molar-refractivity contribution in [2.75, 3.05) is 7.11 Å². The summed E-state index contributed by atoms with van der Waals surface area (Å²) in [7, 11) is 1.39. The number of esters is 1. The molecule has 15 heavy (non-hydrogen) atoms. The van der Waals surface area contributed by atoms with E-state index in [1.54, 1.807) is 6.08 Å². The first kappa shape index (κ1) is 12.0. The van der Waals surface area contributed by atoms with Crippen molar-refractivity contribution in [1.82, 2.24) is 0 Å². The van der Waals surface area contributed by atoms with E-state index in [0.29, 0.717) is 12.3 Å². The molecule has 0 saturated heterocycles. The Bertz CT molecular complexity index is 302. The number of methoxy groups -OCH3 is 1. The van der Waals surface area contributed by atoms with Crippen LogP contribution >= 0.6 is 0 Å². The Balaban J connectivity index is 3.00. The summed E-state index contributed by atoms with van der Waals surface area (Å²) in [5.41, 5.74) is 0.830. The highest BCUT2D eigenvalue weighted by molar-refractivity contribution is 5.94. The predicted molar refractivity (Wildman–Crippen MR) is 57.2 cm³/mol. The Kier molecular flexibility index (Phi) is 3.66. The molecule has 0 saturated carbocycles. The van der Waals surface area contributed by atoms with Crippen LogP contribution in [0.2, 0.25) is 0 Å². The molecule has 3 heteroatoms. The zero-order valence-corrected chi connectivity index (χ0v) is 9.74. The highest BCUT2D eigenvalue weighted by atomic mass is 16.5. The molecule has 0 heterocycles. The second-order valence-electron chi connectivity index (χ2n) is 4.47. The first-order chi connectivity index (χ1) is 6.97. The number of ketones is 1. The molecule has 84 valence electrons. The van der Waals surface area contributed by atoms with Crippen LogP contribution in [0.1, 0.15) is 27.2 Å². The van der Waals surface area contributed by atoms with Gasteiger partial charge in [0.1, 0.15) is 0 Å². The molecule has 0 N–H and O–H groups in total. The fourth-order valence-electron chi connectivity index (χ4n) is 2.20. The van der Waals surface area contributed by atoms with Crippen molar-refractivity contribution in [3.8, 4) is 0 Å². The van der Waals surface area contributed by atoms with Gasteiger partial charge in [0, 0.05) is 6.42 Å². The van der Waals surface area contributed by atoms with Crippen molar-refractivity contribution in [3.63, 3.8) is 0 Å². The van der Waals surface area contributed by atoms with Gasteiger partial charge in [0.2, 0.25) is 0 Å². The average molecular weight is 210 g/mol. The summed E-state index contributed by atoms with van der Waals surface area (Å²) in [5, 5.41) is 0. The number of allylic oxidation sites excluding steroid dienone is 1. The van der Waals surface area contributed by atoms with Gasteiger partial charge in [-0.15, -0.1) is 0 Å². The van der Waals surface area contributed by atoms with Gasteiger partial charge in [-0.2, -0.15) is 0 Å². The smallest absolute Gasteiger partial charge is 0.313 e. The molecule has 2 unspecified atom stereocenters. The molecule has 0 bridgehead atoms. The molecule has 1 aliphatic carbocycles. The maximum absolute atomic E-state index is 11.6. The summed E-state index contributed by atoms with van der Waals surface area (Å²) in [6.45, 7) is 5.90. The summed E-state index contributed by atoms with van der Waals surface area (Å²) in [5.74, 6) is 0.0330. The number of hydrogen-bond acceptors (Lipinski definition) is 3. The van der Waals surface area contributed by atoms with Crippen LogP contribution in [0.4, 0.5) is 0 Å². The zero-order valence-electron chi connectivity index (χ0n) is 9.74. The van der Waals surface area contributed by atoms with Gasteiger partial charge in [-0.25, -0.2) is 0 Å². The molecule has 1 rings (SSSR count). The van der Waals surface area contributed by atoms with Crippen LogP contribution in [-0.2, 0) is 14.3 Å². The maximum atomic E-state index is 11.6. The number of carbonyl (C=O) groups is 2. The SMILES string of the molecule is COC(=O)C1C(C)=CC(=O)CC1C(C)C. The summed E-state index contributed by atoms with van der Waals surface area (Å²) >= 11 is 0. The zero-order chi connectivity index (χ0) is 11.6. The highest BCUT2D eigenvalue weighted by Gasteiger charge is 2.36. The number of rotatable bonds is 2. The Labute approximate surface area is 90.5 Å². The summed E-state index contributed by atoms with van der Waals surface area (Å²) in [6, 6.07) is 0. The minimum atomic E-state index is -0.243. The molecule has 0 aromatic carbocycles. The quantitative estimate of drug-likeness (QED) is 0.654. The van der Waals surface area contributed by atoms with Gasteiger partial charge in [0.25, 0.3) is 0 Å². The van der Waals surface area contributed by atoms with Crippen molar-refractivity contribution < 1.29 is 14.3 Å². The van der Waals surface area contributed by atoms with E-state index in [1.807, 2.05) is 20.8 Å². The van der Waals surface area contributed by atoms with Crippen molar-refractivity contribution in [3.05, 3.63) is 11.6 Å². The van der Waals surface area contributed by atoms with Crippen LogP contribution in [0.25, 0.3) is 0 Å². The maximum Gasteiger partial charge on any atom is 0.313 e. The molecule has 1 aliphatic rings. The van der Waals surface area contributed by atoms with Crippen LogP contribution in [-0.4, -0.2) is 18.9 Å². The molecule has 0 amide bonds. The lowest BCUT2D eigenvalue weighted by Crippen LogP contribution is -2.34. The lowest BCUT2D eigenvalue weighted by atomic mass is 9.73. The molecular weight excluding hydrogens is 192 g/mol. The van der Waals surface area contributed by atoms with E-state index in [1.165, 1.54) is 7.11 Å². The normalized spacial score (nSPS) is 26.5. The van der Waals surface area contributed by atoms with Crippen LogP contribution in [0.15, 0.2) is 11.6 Å². The number of hydrogen-bond donors (Lipinski definition) is 0. The monoisotopic (exact) mass is 210 g/mol. The van der Waals surface area contributed by atoms with Gasteiger partial charge >= 0.3 is 5.97 Å². The molecule has 0 fully saturated rings. The molecule has 0 radical (unpaired) electrons. The minimum absolute atomic E-state index is 0.0787. The number of ether oxygens (including phenoxy) is 1. The molecule has 0 aromatic rings. The van der Waals surface area contributed by atoms with Crippen LogP contribution < -0.4 is 0 Å². The van der Waals surface area contributed by atoms with Crippen LogP contribution in [0.3, 0.4) is 0 Å². The second kappa shape index (κ2) is 4.60. The largest absolute Gasteiger partial charge is 0.469 e. The van der Waals surface area contributed by atoms with Crippen molar-refractivity contribution in [2.45, 2.75) is 27.2 Å². The van der Waals surface area contributed by atoms with Crippen LogP contribution in [0, 0.1) is 17.8 Å². The topological polar surface area (TPSA) is 43.4 Å². The lowest BCUT2D eigenvalue weighted by Gasteiger charge is -2.31. The van der Waals surface area contributed by atoms with Gasteiger partial charge in [-0.3, -0.25) is 9.59 Å². The molecule has 3 nitrogen and oxygen atoms in total. The van der Waals surface area contributed by atoms with Gasteiger partial charge in [-0.05, 0) is 24.8 Å². The van der Waals surface area contributed by atoms with Crippen molar-refractivity contribution in [1.29, 1.82) is 0 Å². The fraction of sp³-hybridized carbons (Fsp3) is 0.667. The van der Waals surface area contributed by atoms with E-state index in [4.69, 9.17) is 4.74 Å². The van der Waals surface area contributed by atoms with Gasteiger partial charge < -0.3 is 4.74 Å². The lowest BCUT2D eigenvalue weighted by molar-refractivity contribution is -0.147. The Morgan fingerprint density at radius 1 is 1.53 bits per heavy atom. The predicted octanol–water partition coefficient (Wildman–Crippen LogP) is 1.97. The standard InChI is InChI=1S/C12H18O3/c1-7(2)10-6-9(13)5-8(3)11(10)12(14)15-4/h5,7,10-11H,6H2,1-4H3. The fourth-order valence-corrected chi connectivity index (χ4v) is 2.20. The summed E-state index contributed by atoms with van der Waals surface area (Å²) in [6.07, 6.45) is 2.02. The number of carbonyl (C=O) groups excluding carboxylic acids is 2. The van der Waals surface area contributed by atoms with Gasteiger partial charge in [0.05, 0.1) is 13.0 Å². The van der Waals surface area contributed by atoms with E-state index in [9.17, 15) is 9.59 Å². The third kappa shape index (κ3) is 2.46. The van der Waals surface area contributed by atoms with Gasteiger partial charge in [-0.1, -0.05) is 19.4 Å². The summed E-state index contributed by atoms with van der Waals surface area (Å²) < 4.78 is 4.78. The average Bonchev–Trinajstić information content (AvgIpc) is 2.15. The third-order valence-corrected chi connectivity index (χ3v) is 3.06. The van der Waals surface area contributed by atoms with E-state index in [0.717, 1.165) is 5.57 Å². The second-order valence-corrected chi connectivity index (χ2v) is 4.47. The van der Waals surface area contributed by atoms with Crippen LogP contribution in [0.5, 0.6) is 0 Å². The van der Waals surface area contributed by atoms with Crippen molar-refractivity contribution in [2.24, 2.45) is 17.8 Å². The molecule has 0 aliphatic heterocycles. The first-order valence-electron chi connectivity index (χ1n) is 5.26. The minimum Gasteiger partial charge on any atom is -0.469 e. The molecule has 0 aromatic heterocycles. The molecular formula is C12H18O3. The van der Waals surface area contributed by atoms with Crippen molar-refractivity contribution >= 4 is 11.8 Å². The van der Waals surface area contributed by atoms with E-state index in [-0.39, 0.29) is 23.6 Å². The highest BCUT2D eigenvalue weighted by Crippen LogP contribution is 2.34. The van der Waals surface area contributed by atoms with E-state index < -0.39 is 0 Å². The van der Waals surface area contributed by atoms with Gasteiger partial charge in [0.15, 0.2) is 5.78 Å². The Morgan fingerprint density at radius 3 is 2.60 bits per heavy atom. The van der Waals surface area contributed by atoms with E-state index >= 15 is 0 Å².